The minimum atomic E-state index is -0.358. The summed E-state index contributed by atoms with van der Waals surface area (Å²) in [4.78, 5) is 28.1. The Hall–Kier alpha value is -1.99. The van der Waals surface area contributed by atoms with E-state index < -0.39 is 0 Å². The van der Waals surface area contributed by atoms with Crippen LogP contribution in [-0.2, 0) is 14.3 Å². The lowest BCUT2D eigenvalue weighted by molar-refractivity contribution is -0.145. The second-order valence-corrected chi connectivity index (χ2v) is 8.38. The van der Waals surface area contributed by atoms with E-state index in [2.05, 4.69) is 0 Å². The van der Waals surface area contributed by atoms with Crippen LogP contribution in [0, 0.1) is 18.7 Å². The molecule has 2 fully saturated rings. The number of esters is 1. The van der Waals surface area contributed by atoms with Crippen molar-refractivity contribution in [2.75, 3.05) is 24.5 Å². The minimum absolute atomic E-state index is 0.0907. The topological polar surface area (TPSA) is 75.9 Å². The van der Waals surface area contributed by atoms with Gasteiger partial charge in [0.1, 0.15) is 11.9 Å². The van der Waals surface area contributed by atoms with E-state index >= 15 is 0 Å². The summed E-state index contributed by atoms with van der Waals surface area (Å²) in [7, 11) is 0. The maximum atomic E-state index is 13.7. The molecule has 3 rings (SSSR count). The number of cyclic esters (lactones) is 1. The van der Waals surface area contributed by atoms with Gasteiger partial charge in [-0.25, -0.2) is 4.39 Å². The number of amides is 1. The number of anilines is 1. The molecule has 1 aromatic rings. The predicted octanol–water partition coefficient (Wildman–Crippen LogP) is 1.84. The van der Waals surface area contributed by atoms with Crippen LogP contribution >= 0.6 is 0 Å². The summed E-state index contributed by atoms with van der Waals surface area (Å²) in [6.07, 6.45) is 0.290. The molecule has 148 valence electrons. The van der Waals surface area contributed by atoms with Gasteiger partial charge in [-0.2, -0.15) is 0 Å². The number of hydrogen-bond acceptors (Lipinski definition) is 5. The van der Waals surface area contributed by atoms with Gasteiger partial charge in [0.15, 0.2) is 0 Å². The molecule has 0 spiro atoms. The number of nitrogens with two attached hydrogens (primary N) is 1. The summed E-state index contributed by atoms with van der Waals surface area (Å²) >= 11 is 0. The highest BCUT2D eigenvalue weighted by atomic mass is 19.1. The summed E-state index contributed by atoms with van der Waals surface area (Å²) in [5, 5.41) is 0. The molecule has 7 heteroatoms. The van der Waals surface area contributed by atoms with Crippen LogP contribution in [0.2, 0.25) is 0 Å². The number of nitrogens with zero attached hydrogens (tertiary/aromatic N) is 2. The third-order valence-electron chi connectivity index (χ3n) is 5.65. The summed E-state index contributed by atoms with van der Waals surface area (Å²) in [5.41, 5.74) is 7.41. The number of hydrogen-bond donors (Lipinski definition) is 1. The van der Waals surface area contributed by atoms with Crippen LogP contribution in [0.3, 0.4) is 0 Å². The van der Waals surface area contributed by atoms with Crippen molar-refractivity contribution in [3.05, 3.63) is 29.6 Å². The van der Waals surface area contributed by atoms with Crippen molar-refractivity contribution in [1.29, 1.82) is 0 Å². The number of carbonyl (C=O) groups is 2. The molecule has 0 unspecified atom stereocenters. The Bertz CT molecular complexity index is 752. The summed E-state index contributed by atoms with van der Waals surface area (Å²) < 4.78 is 19.1. The minimum Gasteiger partial charge on any atom is -0.460 e. The number of benzene rings is 1. The van der Waals surface area contributed by atoms with Gasteiger partial charge in [-0.05, 0) is 44.9 Å². The van der Waals surface area contributed by atoms with Crippen LogP contribution in [0.5, 0.6) is 0 Å². The van der Waals surface area contributed by atoms with Crippen molar-refractivity contribution < 1.29 is 18.7 Å². The van der Waals surface area contributed by atoms with Crippen molar-refractivity contribution in [3.63, 3.8) is 0 Å². The van der Waals surface area contributed by atoms with Gasteiger partial charge in [0.25, 0.3) is 0 Å². The van der Waals surface area contributed by atoms with Gasteiger partial charge in [0.05, 0.1) is 18.5 Å². The number of carbonyl (C=O) groups excluding carboxylic acids is 2. The molecule has 0 aliphatic carbocycles. The molecule has 0 saturated carbocycles. The van der Waals surface area contributed by atoms with Crippen LogP contribution in [0.1, 0.15) is 32.8 Å². The van der Waals surface area contributed by atoms with Crippen molar-refractivity contribution in [3.8, 4) is 0 Å². The molecule has 1 amide bonds. The molecule has 6 nitrogen and oxygen atoms in total. The molecule has 3 atom stereocenters. The highest BCUT2D eigenvalue weighted by Crippen LogP contribution is 2.30. The molecular formula is C20H28FN3O3. The fourth-order valence-corrected chi connectivity index (χ4v) is 3.83. The zero-order chi connectivity index (χ0) is 19.9. The van der Waals surface area contributed by atoms with Crippen molar-refractivity contribution in [1.82, 2.24) is 4.90 Å². The van der Waals surface area contributed by atoms with Gasteiger partial charge >= 0.3 is 5.97 Å². The zero-order valence-corrected chi connectivity index (χ0v) is 16.4. The van der Waals surface area contributed by atoms with Crippen LogP contribution in [0.4, 0.5) is 10.1 Å². The maximum absolute atomic E-state index is 13.7. The first-order valence-electron chi connectivity index (χ1n) is 9.36. The second kappa shape index (κ2) is 7.20. The molecule has 0 radical (unpaired) electrons. The Balaban J connectivity index is 1.73. The van der Waals surface area contributed by atoms with Gasteiger partial charge in [0, 0.05) is 24.3 Å². The molecule has 2 aliphatic heterocycles. The van der Waals surface area contributed by atoms with Crippen molar-refractivity contribution >= 4 is 17.6 Å². The van der Waals surface area contributed by atoms with E-state index in [4.69, 9.17) is 10.5 Å². The van der Waals surface area contributed by atoms with Gasteiger partial charge in [0.2, 0.25) is 5.91 Å². The highest BCUT2D eigenvalue weighted by molar-refractivity contribution is 5.96. The van der Waals surface area contributed by atoms with Crippen LogP contribution < -0.4 is 10.6 Å². The molecule has 0 bridgehead atoms. The number of piperazine rings is 1. The molecule has 0 aromatic heterocycles. The Morgan fingerprint density at radius 2 is 2.07 bits per heavy atom. The third kappa shape index (κ3) is 3.99. The van der Waals surface area contributed by atoms with E-state index in [1.165, 1.54) is 12.1 Å². The summed E-state index contributed by atoms with van der Waals surface area (Å²) in [6, 6.07) is 4.13. The normalized spacial score (nSPS) is 27.0. The summed E-state index contributed by atoms with van der Waals surface area (Å²) in [6.45, 7) is 8.86. The Morgan fingerprint density at radius 3 is 2.70 bits per heavy atom. The maximum Gasteiger partial charge on any atom is 0.309 e. The lowest BCUT2D eigenvalue weighted by Crippen LogP contribution is -2.64. The highest BCUT2D eigenvalue weighted by Gasteiger charge is 2.42. The Morgan fingerprint density at radius 1 is 1.37 bits per heavy atom. The first-order valence-corrected chi connectivity index (χ1v) is 9.36. The van der Waals surface area contributed by atoms with Gasteiger partial charge in [-0.15, -0.1) is 0 Å². The summed E-state index contributed by atoms with van der Waals surface area (Å²) in [5.74, 6) is -0.796. The van der Waals surface area contributed by atoms with E-state index in [0.717, 1.165) is 5.56 Å². The van der Waals surface area contributed by atoms with Crippen molar-refractivity contribution in [2.24, 2.45) is 11.7 Å². The monoisotopic (exact) mass is 377 g/mol. The van der Waals surface area contributed by atoms with Crippen LogP contribution in [-0.4, -0.2) is 54.1 Å². The van der Waals surface area contributed by atoms with Gasteiger partial charge in [-0.1, -0.05) is 13.0 Å². The smallest absolute Gasteiger partial charge is 0.309 e. The third-order valence-corrected chi connectivity index (χ3v) is 5.65. The molecule has 2 saturated heterocycles. The van der Waals surface area contributed by atoms with Crippen LogP contribution in [0.25, 0.3) is 0 Å². The fraction of sp³-hybridized carbons (Fsp3) is 0.600. The van der Waals surface area contributed by atoms with E-state index in [0.29, 0.717) is 25.2 Å². The average Bonchev–Trinajstić information content (AvgIpc) is 2.92. The number of halogens is 1. The van der Waals surface area contributed by atoms with E-state index in [1.54, 1.807) is 11.0 Å². The Kier molecular flexibility index (Phi) is 5.27. The standard InChI is InChI=1S/C20H28FN3O3/c1-12-5-6-14(21)8-16(12)24-11-20(3,4)23(10-18(24)25)9-15(22)17-7-13(2)19(26)27-17/h5-6,8,13,15,17H,7,9-11,22H2,1-4H3/t13-,15+,17+/m1/s1. The number of aryl methyl sites for hydroxylation is 1. The number of ether oxygens (including phenoxy) is 1. The van der Waals surface area contributed by atoms with E-state index in [1.807, 2.05) is 32.6 Å². The number of rotatable bonds is 4. The van der Waals surface area contributed by atoms with Gasteiger partial charge in [-0.3, -0.25) is 14.5 Å². The zero-order valence-electron chi connectivity index (χ0n) is 16.4. The quantitative estimate of drug-likeness (QED) is 0.811. The molecule has 27 heavy (non-hydrogen) atoms. The molecule has 2 aliphatic rings. The SMILES string of the molecule is Cc1ccc(F)cc1N1CC(C)(C)N(C[C@H](N)[C@@H]2C[C@@H](C)C(=O)O2)CC1=O. The van der Waals surface area contributed by atoms with Gasteiger partial charge < -0.3 is 15.4 Å². The first kappa shape index (κ1) is 19.8. The average molecular weight is 377 g/mol. The first-order chi connectivity index (χ1) is 12.6. The molecule has 2 heterocycles. The second-order valence-electron chi connectivity index (χ2n) is 8.38. The van der Waals surface area contributed by atoms with Crippen LogP contribution in [0.15, 0.2) is 18.2 Å². The lowest BCUT2D eigenvalue weighted by atomic mass is 9.95. The molecule has 1 aromatic carbocycles. The van der Waals surface area contributed by atoms with Crippen molar-refractivity contribution in [2.45, 2.75) is 51.8 Å². The predicted molar refractivity (Wildman–Crippen MR) is 101 cm³/mol. The van der Waals surface area contributed by atoms with E-state index in [9.17, 15) is 14.0 Å². The lowest BCUT2D eigenvalue weighted by Gasteiger charge is -2.48. The molecular weight excluding hydrogens is 349 g/mol. The van der Waals surface area contributed by atoms with E-state index in [-0.39, 0.29) is 47.8 Å². The fourth-order valence-electron chi connectivity index (χ4n) is 3.83. The molecule has 2 N–H and O–H groups in total. The largest absolute Gasteiger partial charge is 0.460 e. The Labute approximate surface area is 159 Å².